The van der Waals surface area contributed by atoms with Gasteiger partial charge < -0.3 is 29.7 Å². The molecule has 0 amide bonds. The van der Waals surface area contributed by atoms with Crippen LogP contribution in [0.3, 0.4) is 0 Å². The zero-order valence-corrected chi connectivity index (χ0v) is 18.1. The Morgan fingerprint density at radius 1 is 1.03 bits per heavy atom. The number of aliphatic imine (C=N–C) groups is 1. The van der Waals surface area contributed by atoms with Crippen LogP contribution in [-0.2, 0) is 13.1 Å². The third-order valence-corrected chi connectivity index (χ3v) is 4.18. The van der Waals surface area contributed by atoms with Gasteiger partial charge in [-0.1, -0.05) is 6.07 Å². The molecule has 0 fully saturated rings. The van der Waals surface area contributed by atoms with Crippen LogP contribution in [0, 0.1) is 0 Å². The average Bonchev–Trinajstić information content (AvgIpc) is 2.74. The molecule has 0 unspecified atom stereocenters. The van der Waals surface area contributed by atoms with E-state index >= 15 is 0 Å². The normalized spacial score (nSPS) is 11.0. The Bertz CT molecular complexity index is 799. The fraction of sp³-hybridized carbons (Fsp3) is 0.429. The lowest BCUT2D eigenvalue weighted by Crippen LogP contribution is -2.37. The van der Waals surface area contributed by atoms with Gasteiger partial charge in [-0.3, -0.25) is 0 Å². The highest BCUT2D eigenvalue weighted by Gasteiger charge is 2.13. The number of aromatic nitrogens is 1. The fourth-order valence-electron chi connectivity index (χ4n) is 2.73. The maximum absolute atomic E-state index is 5.41. The van der Waals surface area contributed by atoms with E-state index in [2.05, 4.69) is 20.6 Å². The van der Waals surface area contributed by atoms with E-state index in [0.29, 0.717) is 36.3 Å². The van der Waals surface area contributed by atoms with Crippen molar-refractivity contribution < 1.29 is 14.2 Å². The minimum Gasteiger partial charge on any atom is -0.493 e. The Morgan fingerprint density at radius 3 is 2.28 bits per heavy atom. The van der Waals surface area contributed by atoms with E-state index in [1.54, 1.807) is 21.3 Å². The quantitative estimate of drug-likeness (QED) is 0.493. The van der Waals surface area contributed by atoms with Gasteiger partial charge >= 0.3 is 0 Å². The molecule has 0 saturated carbocycles. The van der Waals surface area contributed by atoms with Gasteiger partial charge in [0.05, 0.1) is 40.1 Å². The van der Waals surface area contributed by atoms with Crippen LogP contribution in [0.15, 0.2) is 35.3 Å². The molecule has 2 aromatic rings. The van der Waals surface area contributed by atoms with Crippen LogP contribution in [0.25, 0.3) is 0 Å². The van der Waals surface area contributed by atoms with E-state index in [0.717, 1.165) is 23.6 Å². The molecular formula is C21H31N5O3. The summed E-state index contributed by atoms with van der Waals surface area (Å²) in [7, 11) is 8.74. The first-order valence-corrected chi connectivity index (χ1v) is 9.46. The lowest BCUT2D eigenvalue weighted by atomic mass is 10.2. The van der Waals surface area contributed by atoms with Crippen molar-refractivity contribution in [3.63, 3.8) is 0 Å². The topological polar surface area (TPSA) is 80.2 Å². The molecule has 1 heterocycles. The number of nitrogens with zero attached hydrogens (tertiary/aromatic N) is 3. The van der Waals surface area contributed by atoms with Gasteiger partial charge in [0.25, 0.3) is 0 Å². The van der Waals surface area contributed by atoms with Gasteiger partial charge in [-0.05, 0) is 36.8 Å². The molecule has 0 spiro atoms. The van der Waals surface area contributed by atoms with Crippen LogP contribution in [0.2, 0.25) is 0 Å². The molecule has 0 saturated heterocycles. The molecule has 0 aliphatic rings. The van der Waals surface area contributed by atoms with Gasteiger partial charge in [0, 0.05) is 20.6 Å². The lowest BCUT2D eigenvalue weighted by Gasteiger charge is -2.15. The minimum absolute atomic E-state index is 0.456. The Kier molecular flexibility index (Phi) is 8.39. The van der Waals surface area contributed by atoms with Crippen molar-refractivity contribution in [1.82, 2.24) is 15.6 Å². The van der Waals surface area contributed by atoms with Crippen LogP contribution in [0.4, 0.5) is 5.82 Å². The number of hydrogen-bond donors (Lipinski definition) is 2. The van der Waals surface area contributed by atoms with Crippen molar-refractivity contribution >= 4 is 11.8 Å². The van der Waals surface area contributed by atoms with Crippen LogP contribution in [0.1, 0.15) is 18.2 Å². The standard InChI is InChI=1S/C21H31N5O3/c1-7-22-21(24-14-16-9-8-10-19(25-16)26(2)3)23-13-15-11-17(27-4)20(29-6)18(12-15)28-5/h8-12H,7,13-14H2,1-6H3,(H2,22,23,24). The summed E-state index contributed by atoms with van der Waals surface area (Å²) >= 11 is 0. The summed E-state index contributed by atoms with van der Waals surface area (Å²) in [5.41, 5.74) is 1.89. The first-order valence-electron chi connectivity index (χ1n) is 9.46. The molecule has 1 aromatic carbocycles. The molecule has 1 aromatic heterocycles. The number of anilines is 1. The molecule has 158 valence electrons. The molecule has 0 bridgehead atoms. The number of guanidine groups is 1. The molecule has 0 atom stereocenters. The van der Waals surface area contributed by atoms with E-state index in [4.69, 9.17) is 14.2 Å². The van der Waals surface area contributed by atoms with Crippen molar-refractivity contribution in [2.75, 3.05) is 46.9 Å². The second kappa shape index (κ2) is 11.0. The lowest BCUT2D eigenvalue weighted by molar-refractivity contribution is 0.324. The number of pyridine rings is 1. The number of hydrogen-bond acceptors (Lipinski definition) is 6. The molecule has 0 aliphatic heterocycles. The Balaban J connectivity index is 2.13. The highest BCUT2D eigenvalue weighted by atomic mass is 16.5. The van der Waals surface area contributed by atoms with Gasteiger partial charge in [-0.2, -0.15) is 0 Å². The van der Waals surface area contributed by atoms with E-state index in [1.807, 2.05) is 56.3 Å². The largest absolute Gasteiger partial charge is 0.493 e. The summed E-state index contributed by atoms with van der Waals surface area (Å²) in [5.74, 6) is 3.42. The SMILES string of the molecule is CCNC(=NCc1cc(OC)c(OC)c(OC)c1)NCc1cccc(N(C)C)n1. The highest BCUT2D eigenvalue weighted by Crippen LogP contribution is 2.38. The Morgan fingerprint density at radius 2 is 1.72 bits per heavy atom. The minimum atomic E-state index is 0.456. The average molecular weight is 402 g/mol. The van der Waals surface area contributed by atoms with Gasteiger partial charge in [0.2, 0.25) is 5.75 Å². The Hall–Kier alpha value is -3.16. The summed E-state index contributed by atoms with van der Waals surface area (Å²) in [5, 5.41) is 6.58. The summed E-state index contributed by atoms with van der Waals surface area (Å²) < 4.78 is 16.2. The number of nitrogens with one attached hydrogen (secondary N) is 2. The van der Waals surface area contributed by atoms with Crippen molar-refractivity contribution in [2.24, 2.45) is 4.99 Å². The molecule has 8 nitrogen and oxygen atoms in total. The molecule has 2 N–H and O–H groups in total. The molecule has 0 radical (unpaired) electrons. The van der Waals surface area contributed by atoms with Gasteiger partial charge in [0.1, 0.15) is 5.82 Å². The molecule has 0 aliphatic carbocycles. The first kappa shape index (κ1) is 22.1. The summed E-state index contributed by atoms with van der Waals surface area (Å²) in [6, 6.07) is 9.77. The van der Waals surface area contributed by atoms with Crippen LogP contribution >= 0.6 is 0 Å². The van der Waals surface area contributed by atoms with E-state index in [-0.39, 0.29) is 0 Å². The number of methoxy groups -OCH3 is 3. The number of benzene rings is 1. The summed E-state index contributed by atoms with van der Waals surface area (Å²) in [6.45, 7) is 3.81. The smallest absolute Gasteiger partial charge is 0.203 e. The molecular weight excluding hydrogens is 370 g/mol. The van der Waals surface area contributed by atoms with E-state index in [9.17, 15) is 0 Å². The van der Waals surface area contributed by atoms with Crippen LogP contribution < -0.4 is 29.7 Å². The monoisotopic (exact) mass is 401 g/mol. The van der Waals surface area contributed by atoms with Gasteiger partial charge in [-0.15, -0.1) is 0 Å². The predicted octanol–water partition coefficient (Wildman–Crippen LogP) is 2.43. The van der Waals surface area contributed by atoms with Gasteiger partial charge in [-0.25, -0.2) is 9.98 Å². The number of rotatable bonds is 9. The van der Waals surface area contributed by atoms with Crippen molar-refractivity contribution in [1.29, 1.82) is 0 Å². The Labute approximate surface area is 172 Å². The molecule has 29 heavy (non-hydrogen) atoms. The third kappa shape index (κ3) is 6.17. The molecule has 8 heteroatoms. The van der Waals surface area contributed by atoms with Crippen molar-refractivity contribution in [2.45, 2.75) is 20.0 Å². The van der Waals surface area contributed by atoms with Crippen LogP contribution in [-0.4, -0.2) is 52.9 Å². The van der Waals surface area contributed by atoms with Crippen molar-refractivity contribution in [3.8, 4) is 17.2 Å². The van der Waals surface area contributed by atoms with Gasteiger partial charge in [0.15, 0.2) is 17.5 Å². The highest BCUT2D eigenvalue weighted by molar-refractivity contribution is 5.79. The second-order valence-electron chi connectivity index (χ2n) is 6.46. The van der Waals surface area contributed by atoms with Crippen molar-refractivity contribution in [3.05, 3.63) is 41.6 Å². The predicted molar refractivity (Wildman–Crippen MR) is 116 cm³/mol. The number of ether oxygens (including phenoxy) is 3. The maximum Gasteiger partial charge on any atom is 0.203 e. The second-order valence-corrected chi connectivity index (χ2v) is 6.46. The van der Waals surface area contributed by atoms with E-state index < -0.39 is 0 Å². The van der Waals surface area contributed by atoms with E-state index in [1.165, 1.54) is 0 Å². The maximum atomic E-state index is 5.41. The summed E-state index contributed by atoms with van der Waals surface area (Å²) in [4.78, 5) is 11.3. The van der Waals surface area contributed by atoms with Crippen LogP contribution in [0.5, 0.6) is 17.2 Å². The first-order chi connectivity index (χ1) is 14.0. The zero-order chi connectivity index (χ0) is 21.2. The molecule has 2 rings (SSSR count). The summed E-state index contributed by atoms with van der Waals surface area (Å²) in [6.07, 6.45) is 0. The zero-order valence-electron chi connectivity index (χ0n) is 18.1. The third-order valence-electron chi connectivity index (χ3n) is 4.18. The fourth-order valence-corrected chi connectivity index (χ4v) is 2.73.